The second-order valence-corrected chi connectivity index (χ2v) is 7.16. The van der Waals surface area contributed by atoms with Crippen molar-refractivity contribution in [2.24, 2.45) is 0 Å². The Morgan fingerprint density at radius 2 is 1.97 bits per heavy atom. The van der Waals surface area contributed by atoms with Gasteiger partial charge in [0.2, 0.25) is 0 Å². The highest BCUT2D eigenvalue weighted by atomic mass is 19.4. The summed E-state index contributed by atoms with van der Waals surface area (Å²) in [4.78, 5) is 21.9. The molecule has 168 valence electrons. The molecule has 0 unspecified atom stereocenters. The summed E-state index contributed by atoms with van der Waals surface area (Å²) in [6.45, 7) is -0.602. The van der Waals surface area contributed by atoms with Gasteiger partial charge in [0.15, 0.2) is 5.69 Å². The first-order chi connectivity index (χ1) is 15.2. The fourth-order valence-corrected chi connectivity index (χ4v) is 3.48. The Morgan fingerprint density at radius 3 is 2.62 bits per heavy atom. The number of hydrogen-bond acceptors (Lipinski definition) is 5. The molecular weight excluding hydrogens is 435 g/mol. The molecule has 1 aliphatic heterocycles. The summed E-state index contributed by atoms with van der Waals surface area (Å²) >= 11 is 0. The zero-order valence-electron chi connectivity index (χ0n) is 16.4. The molecule has 4 heterocycles. The van der Waals surface area contributed by atoms with Gasteiger partial charge in [0.25, 0.3) is 11.8 Å². The van der Waals surface area contributed by atoms with Gasteiger partial charge in [-0.05, 0) is 30.3 Å². The lowest BCUT2D eigenvalue weighted by Crippen LogP contribution is -2.47. The van der Waals surface area contributed by atoms with Crippen LogP contribution in [0, 0.1) is 0 Å². The SMILES string of the molecule is O=C(c1ncccc1-n1cccn1)N1CCC(F)(F)[C@H]1CNc1ccc(C(F)(F)F)cn1. The topological polar surface area (TPSA) is 75.9 Å². The van der Waals surface area contributed by atoms with Crippen molar-refractivity contribution in [3.05, 3.63) is 66.4 Å². The van der Waals surface area contributed by atoms with Gasteiger partial charge in [0, 0.05) is 44.3 Å². The lowest BCUT2D eigenvalue weighted by molar-refractivity contribution is -0.137. The zero-order chi connectivity index (χ0) is 22.9. The molecule has 1 aliphatic rings. The minimum atomic E-state index is -4.55. The van der Waals surface area contributed by atoms with Crippen LogP contribution in [0.15, 0.2) is 55.1 Å². The fraction of sp³-hybridized carbons (Fsp3) is 0.300. The van der Waals surface area contributed by atoms with Crippen LogP contribution in [0.2, 0.25) is 0 Å². The zero-order valence-corrected chi connectivity index (χ0v) is 16.4. The average Bonchev–Trinajstić information content (AvgIpc) is 3.39. The monoisotopic (exact) mass is 452 g/mol. The largest absolute Gasteiger partial charge is 0.417 e. The Morgan fingerprint density at radius 1 is 1.16 bits per heavy atom. The first-order valence-electron chi connectivity index (χ1n) is 9.58. The van der Waals surface area contributed by atoms with Crippen molar-refractivity contribution >= 4 is 11.7 Å². The van der Waals surface area contributed by atoms with E-state index in [9.17, 15) is 26.7 Å². The lowest BCUT2D eigenvalue weighted by Gasteiger charge is -2.28. The summed E-state index contributed by atoms with van der Waals surface area (Å²) in [6.07, 6.45) is 0.00449. The van der Waals surface area contributed by atoms with Crippen LogP contribution < -0.4 is 5.32 Å². The summed E-state index contributed by atoms with van der Waals surface area (Å²) in [5.74, 6) is -3.90. The third-order valence-corrected chi connectivity index (χ3v) is 5.12. The molecule has 3 aromatic heterocycles. The molecule has 0 aliphatic carbocycles. The molecule has 3 aromatic rings. The predicted octanol–water partition coefficient (Wildman–Crippen LogP) is 3.64. The van der Waals surface area contributed by atoms with Crippen molar-refractivity contribution in [3.63, 3.8) is 0 Å². The van der Waals surface area contributed by atoms with Gasteiger partial charge >= 0.3 is 6.18 Å². The van der Waals surface area contributed by atoms with Gasteiger partial charge < -0.3 is 10.2 Å². The Kier molecular flexibility index (Phi) is 5.53. The molecule has 1 atom stereocenters. The van der Waals surface area contributed by atoms with Gasteiger partial charge in [0.1, 0.15) is 11.9 Å². The molecule has 1 fully saturated rings. The van der Waals surface area contributed by atoms with Crippen molar-refractivity contribution in [2.45, 2.75) is 24.6 Å². The van der Waals surface area contributed by atoms with E-state index >= 15 is 0 Å². The highest BCUT2D eigenvalue weighted by Gasteiger charge is 2.51. The number of nitrogens with one attached hydrogen (secondary N) is 1. The van der Waals surface area contributed by atoms with Crippen LogP contribution in [-0.4, -0.2) is 55.6 Å². The van der Waals surface area contributed by atoms with Crippen LogP contribution in [-0.2, 0) is 6.18 Å². The number of pyridine rings is 2. The minimum absolute atomic E-state index is 0.0110. The van der Waals surface area contributed by atoms with Gasteiger partial charge in [-0.2, -0.15) is 18.3 Å². The Hall–Kier alpha value is -3.57. The summed E-state index contributed by atoms with van der Waals surface area (Å²) in [5, 5.41) is 6.67. The molecule has 1 N–H and O–H groups in total. The average molecular weight is 452 g/mol. The van der Waals surface area contributed by atoms with E-state index in [1.165, 1.54) is 17.1 Å². The quantitative estimate of drug-likeness (QED) is 0.599. The van der Waals surface area contributed by atoms with Gasteiger partial charge in [-0.15, -0.1) is 0 Å². The molecule has 0 aromatic carbocycles. The molecule has 0 saturated carbocycles. The van der Waals surface area contributed by atoms with Crippen molar-refractivity contribution in [3.8, 4) is 5.69 Å². The number of halogens is 5. The maximum Gasteiger partial charge on any atom is 0.417 e. The van der Waals surface area contributed by atoms with E-state index in [0.717, 1.165) is 17.0 Å². The van der Waals surface area contributed by atoms with Crippen LogP contribution in [0.5, 0.6) is 0 Å². The van der Waals surface area contributed by atoms with E-state index in [0.29, 0.717) is 11.9 Å². The number of carbonyl (C=O) groups excluding carboxylic acids is 1. The number of hydrogen-bond donors (Lipinski definition) is 1. The van der Waals surface area contributed by atoms with Gasteiger partial charge in [-0.3, -0.25) is 4.79 Å². The molecule has 1 saturated heterocycles. The lowest BCUT2D eigenvalue weighted by atomic mass is 10.1. The normalized spacial score (nSPS) is 18.0. The number of nitrogens with zero attached hydrogens (tertiary/aromatic N) is 5. The predicted molar refractivity (Wildman–Crippen MR) is 103 cm³/mol. The van der Waals surface area contributed by atoms with E-state index in [4.69, 9.17) is 0 Å². The third-order valence-electron chi connectivity index (χ3n) is 5.12. The van der Waals surface area contributed by atoms with E-state index in [1.54, 1.807) is 24.4 Å². The summed E-state index contributed by atoms with van der Waals surface area (Å²) in [6, 6.07) is 5.16. The minimum Gasteiger partial charge on any atom is -0.368 e. The molecule has 0 bridgehead atoms. The molecule has 1 amide bonds. The maximum atomic E-state index is 14.6. The standard InChI is InChI=1S/C20H17F5N6O/c21-19(22)6-10-30(15(19)12-28-16-5-4-13(11-27-16)20(23,24)25)18(32)17-14(3-1-7-26-17)31-9-2-8-29-31/h1-5,7-9,11,15H,6,10,12H2,(H,27,28)/t15-/m1/s1. The highest BCUT2D eigenvalue weighted by molar-refractivity contribution is 5.96. The number of likely N-dealkylation sites (tertiary alicyclic amines) is 1. The molecule has 0 radical (unpaired) electrons. The van der Waals surface area contributed by atoms with Gasteiger partial charge in [-0.25, -0.2) is 23.4 Å². The molecule has 7 nitrogen and oxygen atoms in total. The molecule has 32 heavy (non-hydrogen) atoms. The van der Waals surface area contributed by atoms with Crippen LogP contribution >= 0.6 is 0 Å². The maximum absolute atomic E-state index is 14.6. The number of amides is 1. The highest BCUT2D eigenvalue weighted by Crippen LogP contribution is 2.35. The van der Waals surface area contributed by atoms with Crippen molar-refractivity contribution < 1.29 is 26.7 Å². The van der Waals surface area contributed by atoms with E-state index in [-0.39, 0.29) is 18.1 Å². The molecular formula is C20H17F5N6O. The Labute approximate surface area is 178 Å². The second kappa shape index (κ2) is 8.17. The van der Waals surface area contributed by atoms with Crippen molar-refractivity contribution in [2.75, 3.05) is 18.4 Å². The van der Waals surface area contributed by atoms with E-state index in [1.807, 2.05) is 0 Å². The van der Waals surface area contributed by atoms with Crippen molar-refractivity contribution in [1.29, 1.82) is 0 Å². The third kappa shape index (κ3) is 4.25. The number of aromatic nitrogens is 4. The van der Waals surface area contributed by atoms with Crippen LogP contribution in [0.3, 0.4) is 0 Å². The fourth-order valence-electron chi connectivity index (χ4n) is 3.48. The number of alkyl halides is 5. The van der Waals surface area contributed by atoms with Crippen LogP contribution in [0.1, 0.15) is 22.5 Å². The first-order valence-corrected chi connectivity index (χ1v) is 9.58. The summed E-state index contributed by atoms with van der Waals surface area (Å²) in [7, 11) is 0. The second-order valence-electron chi connectivity index (χ2n) is 7.16. The number of rotatable bonds is 5. The van der Waals surface area contributed by atoms with Crippen molar-refractivity contribution in [1.82, 2.24) is 24.6 Å². The molecule has 0 spiro atoms. The summed E-state index contributed by atoms with van der Waals surface area (Å²) in [5.41, 5.74) is -0.646. The van der Waals surface area contributed by atoms with Crippen LogP contribution in [0.4, 0.5) is 27.8 Å². The Bertz CT molecular complexity index is 1080. The molecule has 4 rings (SSSR count). The Balaban J connectivity index is 1.54. The van der Waals surface area contributed by atoms with Crippen LogP contribution in [0.25, 0.3) is 5.69 Å². The van der Waals surface area contributed by atoms with Gasteiger partial charge in [0.05, 0.1) is 11.3 Å². The first kappa shape index (κ1) is 21.7. The number of anilines is 1. The molecule has 12 heteroatoms. The smallest absolute Gasteiger partial charge is 0.368 e. The number of carbonyl (C=O) groups is 1. The van der Waals surface area contributed by atoms with E-state index < -0.39 is 42.6 Å². The summed E-state index contributed by atoms with van der Waals surface area (Å²) < 4.78 is 68.6. The van der Waals surface area contributed by atoms with Gasteiger partial charge in [-0.1, -0.05) is 0 Å². The van der Waals surface area contributed by atoms with E-state index in [2.05, 4.69) is 20.4 Å².